The Morgan fingerprint density at radius 3 is 2.25 bits per heavy atom. The molecular weight excluding hydrogens is 86.0 g/mol. The summed E-state index contributed by atoms with van der Waals surface area (Å²) in [7, 11) is 2.50. The van der Waals surface area contributed by atoms with E-state index in [0.717, 1.165) is 8.19 Å². The second-order valence-corrected chi connectivity index (χ2v) is 3.27. The van der Waals surface area contributed by atoms with Crippen LogP contribution in [0.3, 0.4) is 0 Å². The molecule has 0 nitrogen and oxygen atoms in total. The van der Waals surface area contributed by atoms with E-state index in [1.807, 2.05) is 0 Å². The van der Waals surface area contributed by atoms with E-state index in [-0.39, 0.29) is 0 Å². The summed E-state index contributed by atoms with van der Waals surface area (Å²) in [6.45, 7) is 0. The molecule has 0 aliphatic heterocycles. The first kappa shape index (κ1) is 2.57. The maximum Gasteiger partial charge on any atom is -0.123 e. The Kier molecular flexibility index (Phi) is 0.624. The smallest absolute Gasteiger partial charge is 0.123 e. The highest BCUT2D eigenvalue weighted by molar-refractivity contribution is 7.56. The van der Waals surface area contributed by atoms with Crippen molar-refractivity contribution < 1.29 is 0 Å². The largest absolute Gasteiger partial charge is 0.246 e. The summed E-state index contributed by atoms with van der Waals surface area (Å²) in [5.74, 6) is 0. The summed E-state index contributed by atoms with van der Waals surface area (Å²) in [4.78, 5) is 0. The predicted octanol–water partition coefficient (Wildman–Crippen LogP) is 2.02. The Hall–Kier alpha value is 0.340. The molecule has 1 heterocycles. The lowest BCUT2D eigenvalue weighted by molar-refractivity contribution is 2.72. The zero-order valence-electron chi connectivity index (χ0n) is 2.10. The van der Waals surface area contributed by atoms with Gasteiger partial charge in [0, 0.05) is 0 Å². The van der Waals surface area contributed by atoms with Crippen molar-refractivity contribution in [3.05, 3.63) is 11.1 Å². The van der Waals surface area contributed by atoms with E-state index in [1.165, 1.54) is 8.19 Å². The first-order valence-corrected chi connectivity index (χ1v) is 3.28. The molecule has 0 N–H and O–H groups in total. The third kappa shape index (κ3) is 0.223. The number of hydrogen-bond donors (Lipinski definition) is 0. The molecule has 0 aromatic carbocycles. The molecule has 1 rings (SSSR count). The fourth-order valence-corrected chi connectivity index (χ4v) is 0.671. The molecule has 0 unspecified atom stereocenters. The van der Waals surface area contributed by atoms with Crippen LogP contribution in [-0.4, -0.2) is 0 Å². The van der Waals surface area contributed by atoms with E-state index in [2.05, 4.69) is 11.1 Å². The van der Waals surface area contributed by atoms with E-state index in [9.17, 15) is 0 Å². The summed E-state index contributed by atoms with van der Waals surface area (Å²) < 4.78 is 0. The topological polar surface area (TPSA) is 0 Å². The third-order valence-corrected chi connectivity index (χ3v) is 2.68. The van der Waals surface area contributed by atoms with Gasteiger partial charge in [0.25, 0.3) is 0 Å². The van der Waals surface area contributed by atoms with E-state index in [4.69, 9.17) is 0 Å². The lowest BCUT2D eigenvalue weighted by Gasteiger charge is -1.81. The summed E-state index contributed by atoms with van der Waals surface area (Å²) in [5.41, 5.74) is 4.50. The Morgan fingerprint density at radius 2 is 2.25 bits per heavy atom. The molecule has 0 radical (unpaired) electrons. The van der Waals surface area contributed by atoms with Crippen LogP contribution in [0.4, 0.5) is 0 Å². The summed E-state index contributed by atoms with van der Waals surface area (Å²) in [5, 5.41) is 0. The van der Waals surface area contributed by atoms with Gasteiger partial charge in [0.05, 0.1) is 0 Å². The highest BCUT2D eigenvalue weighted by Crippen LogP contribution is 2.18. The second-order valence-electron chi connectivity index (χ2n) is 0.574. The van der Waals surface area contributed by atoms with E-state index >= 15 is 0 Å². The zero-order chi connectivity index (χ0) is 2.83. The van der Waals surface area contributed by atoms with Gasteiger partial charge in [-0.15, -0.1) is 11.1 Å². The van der Waals surface area contributed by atoms with E-state index in [1.54, 1.807) is 0 Å². The van der Waals surface area contributed by atoms with Crippen LogP contribution in [0.1, 0.15) is 0 Å². The first-order chi connectivity index (χ1) is 2.00. The van der Waals surface area contributed by atoms with Gasteiger partial charge in [-0.25, -0.2) is 16.4 Å². The highest BCUT2D eigenvalue weighted by Gasteiger charge is 1.46. The van der Waals surface area contributed by atoms with Gasteiger partial charge in [-0.05, 0) is 0 Å². The van der Waals surface area contributed by atoms with Crippen molar-refractivity contribution in [3.63, 3.8) is 0 Å². The SMILES string of the molecule is c1p[cH-][pH]1. The minimum atomic E-state index is 1.06. The summed E-state index contributed by atoms with van der Waals surface area (Å²) in [6.07, 6.45) is 0. The summed E-state index contributed by atoms with van der Waals surface area (Å²) in [6, 6.07) is 0. The van der Waals surface area contributed by atoms with Crippen molar-refractivity contribution >= 4 is 16.4 Å². The normalized spacial score (nSPS) is 12.0. The number of hydrogen-bond acceptors (Lipinski definition) is 0. The highest BCUT2D eigenvalue weighted by atomic mass is 31.1. The van der Waals surface area contributed by atoms with E-state index in [0.29, 0.717) is 0 Å². The molecule has 0 fully saturated rings. The van der Waals surface area contributed by atoms with Gasteiger partial charge in [0.15, 0.2) is 0 Å². The van der Waals surface area contributed by atoms with Gasteiger partial charge in [-0.1, -0.05) is 0 Å². The molecule has 1 aromatic heterocycles. The lowest BCUT2D eigenvalue weighted by atomic mass is 11.9. The van der Waals surface area contributed by atoms with Crippen molar-refractivity contribution in [2.75, 3.05) is 0 Å². The Bertz CT molecular complexity index is 45.8. The predicted molar refractivity (Wildman–Crippen MR) is 24.0 cm³/mol. The van der Waals surface area contributed by atoms with Crippen molar-refractivity contribution in [3.8, 4) is 0 Å². The minimum Gasteiger partial charge on any atom is -0.246 e. The van der Waals surface area contributed by atoms with Gasteiger partial charge >= 0.3 is 0 Å². The molecule has 0 aliphatic carbocycles. The van der Waals surface area contributed by atoms with Crippen molar-refractivity contribution in [2.24, 2.45) is 0 Å². The van der Waals surface area contributed by atoms with Gasteiger partial charge in [0.1, 0.15) is 0 Å². The molecule has 4 heavy (non-hydrogen) atoms. The molecule has 0 atom stereocenters. The molecule has 0 amide bonds. The number of rotatable bonds is 0. The van der Waals surface area contributed by atoms with Crippen LogP contribution in [0, 0.1) is 0 Å². The quantitative estimate of drug-likeness (QED) is 0.426. The molecule has 0 saturated heterocycles. The maximum atomic E-state index is 2.25. The molecule has 0 aliphatic rings. The second kappa shape index (κ2) is 0.971. The molecule has 0 bridgehead atoms. The molecule has 2 heteroatoms. The van der Waals surface area contributed by atoms with Gasteiger partial charge in [-0.2, -0.15) is 0 Å². The van der Waals surface area contributed by atoms with Gasteiger partial charge in [-0.3, -0.25) is 0 Å². The van der Waals surface area contributed by atoms with Crippen LogP contribution in [0.25, 0.3) is 0 Å². The first-order valence-electron chi connectivity index (χ1n) is 1.09. The third-order valence-electron chi connectivity index (χ3n) is 0.298. The van der Waals surface area contributed by atoms with E-state index < -0.39 is 0 Å². The van der Waals surface area contributed by atoms with Crippen molar-refractivity contribution in [2.45, 2.75) is 0 Å². The van der Waals surface area contributed by atoms with Crippen LogP contribution in [-0.2, 0) is 0 Å². The van der Waals surface area contributed by atoms with Crippen LogP contribution >= 0.6 is 16.4 Å². The average molecular weight is 89.0 g/mol. The Balaban J connectivity index is 3.00. The molecule has 0 spiro atoms. The van der Waals surface area contributed by atoms with Crippen LogP contribution in [0.15, 0.2) is 11.1 Å². The molecule has 22 valence electrons. The van der Waals surface area contributed by atoms with Crippen LogP contribution < -0.4 is 0 Å². The van der Waals surface area contributed by atoms with Crippen molar-refractivity contribution in [1.29, 1.82) is 0 Å². The van der Waals surface area contributed by atoms with Crippen molar-refractivity contribution in [1.82, 2.24) is 0 Å². The zero-order valence-corrected chi connectivity index (χ0v) is 4.00. The maximum absolute atomic E-state index is 2.25. The lowest BCUT2D eigenvalue weighted by Crippen LogP contribution is -1.16. The fraction of sp³-hybridized carbons (Fsp3) is 0. The fourth-order valence-electron chi connectivity index (χ4n) is 0.0745. The Morgan fingerprint density at radius 1 is 2.00 bits per heavy atom. The minimum absolute atomic E-state index is 1.06. The van der Waals surface area contributed by atoms with Gasteiger partial charge in [0.2, 0.25) is 0 Å². The monoisotopic (exact) mass is 89.0 g/mol. The molecule has 1 aromatic rings. The standard InChI is InChI=1S/C2H3P2/c1-3-2-4-1/h1-3H/q-1. The summed E-state index contributed by atoms with van der Waals surface area (Å²) >= 11 is 0. The molecule has 0 saturated carbocycles. The molecular formula is C2H3P2-. The van der Waals surface area contributed by atoms with Gasteiger partial charge < -0.3 is 0 Å². The Labute approximate surface area is 28.4 Å². The average Bonchev–Trinajstić information content (AvgIpc) is 0.722. The van der Waals surface area contributed by atoms with Crippen LogP contribution in [0.2, 0.25) is 0 Å². The van der Waals surface area contributed by atoms with Crippen LogP contribution in [0.5, 0.6) is 0 Å².